The Morgan fingerprint density at radius 1 is 1.21 bits per heavy atom. The minimum Gasteiger partial charge on any atom is -0.385 e. The Balaban J connectivity index is 1.60. The molecule has 8 heteroatoms. The number of aromatic amines is 1. The van der Waals surface area contributed by atoms with Gasteiger partial charge in [-0.1, -0.05) is 22.0 Å². The molecule has 0 fully saturated rings. The zero-order valence-corrected chi connectivity index (χ0v) is 14.2. The second kappa shape index (κ2) is 7.22. The average Bonchev–Trinajstić information content (AvgIpc) is 3.04. The summed E-state index contributed by atoms with van der Waals surface area (Å²) in [4.78, 5) is 14.7. The molecule has 7 nitrogen and oxygen atoms in total. The van der Waals surface area contributed by atoms with Crippen LogP contribution in [0.1, 0.15) is 5.82 Å². The minimum atomic E-state index is -0.430. The molecule has 0 spiro atoms. The molecule has 3 aromatic rings. The Labute approximate surface area is 146 Å². The molecule has 3 rings (SSSR count). The maximum atomic E-state index is 10.7. The lowest BCUT2D eigenvalue weighted by Crippen LogP contribution is -2.05. The molecule has 0 aliphatic carbocycles. The molecule has 0 bridgehead atoms. The lowest BCUT2D eigenvalue weighted by molar-refractivity contribution is -0.384. The molecule has 24 heavy (non-hydrogen) atoms. The molecule has 1 heterocycles. The first-order chi connectivity index (χ1) is 11.6. The molecule has 0 radical (unpaired) electrons. The average molecular weight is 388 g/mol. The van der Waals surface area contributed by atoms with E-state index in [4.69, 9.17) is 0 Å². The van der Waals surface area contributed by atoms with Crippen LogP contribution in [0.15, 0.2) is 53.0 Å². The number of anilines is 1. The first kappa shape index (κ1) is 16.1. The summed E-state index contributed by atoms with van der Waals surface area (Å²) >= 11 is 3.43. The summed E-state index contributed by atoms with van der Waals surface area (Å²) in [5.74, 6) is 1.29. The van der Waals surface area contributed by atoms with Crippen molar-refractivity contribution < 1.29 is 4.92 Å². The van der Waals surface area contributed by atoms with E-state index in [2.05, 4.69) is 36.4 Å². The highest BCUT2D eigenvalue weighted by Gasteiger charge is 2.09. The predicted molar refractivity (Wildman–Crippen MR) is 94.8 cm³/mol. The van der Waals surface area contributed by atoms with Gasteiger partial charge >= 0.3 is 0 Å². The normalized spacial score (nSPS) is 10.5. The topological polar surface area (TPSA) is 96.7 Å². The first-order valence-corrected chi connectivity index (χ1v) is 8.07. The Bertz CT molecular complexity index is 848. The van der Waals surface area contributed by atoms with Crippen LogP contribution in [-0.4, -0.2) is 26.6 Å². The number of nitrogens with one attached hydrogen (secondary N) is 2. The second-order valence-electron chi connectivity index (χ2n) is 5.10. The van der Waals surface area contributed by atoms with Crippen LogP contribution in [0.2, 0.25) is 0 Å². The Morgan fingerprint density at radius 3 is 2.71 bits per heavy atom. The van der Waals surface area contributed by atoms with Crippen LogP contribution in [0.25, 0.3) is 11.4 Å². The minimum absolute atomic E-state index is 0.0488. The summed E-state index contributed by atoms with van der Waals surface area (Å²) in [6.45, 7) is 0.714. The van der Waals surface area contributed by atoms with E-state index in [9.17, 15) is 10.1 Å². The molecule has 0 atom stereocenters. The van der Waals surface area contributed by atoms with Crippen molar-refractivity contribution in [2.24, 2.45) is 0 Å². The zero-order chi connectivity index (χ0) is 16.9. The number of rotatable bonds is 6. The van der Waals surface area contributed by atoms with Crippen molar-refractivity contribution in [2.75, 3.05) is 11.9 Å². The van der Waals surface area contributed by atoms with Gasteiger partial charge in [0.1, 0.15) is 5.82 Å². The van der Waals surface area contributed by atoms with Gasteiger partial charge in [0.2, 0.25) is 0 Å². The van der Waals surface area contributed by atoms with Crippen molar-refractivity contribution in [1.82, 2.24) is 15.2 Å². The van der Waals surface area contributed by atoms with E-state index in [1.165, 1.54) is 12.1 Å². The van der Waals surface area contributed by atoms with E-state index in [0.29, 0.717) is 18.8 Å². The maximum absolute atomic E-state index is 10.7. The zero-order valence-electron chi connectivity index (χ0n) is 12.6. The number of benzene rings is 2. The van der Waals surface area contributed by atoms with Gasteiger partial charge in [-0.15, -0.1) is 0 Å². The van der Waals surface area contributed by atoms with Crippen molar-refractivity contribution in [3.05, 3.63) is 68.9 Å². The summed E-state index contributed by atoms with van der Waals surface area (Å²) in [6.07, 6.45) is 0.687. The van der Waals surface area contributed by atoms with Crippen LogP contribution >= 0.6 is 15.9 Å². The van der Waals surface area contributed by atoms with Gasteiger partial charge in [0.05, 0.1) is 4.92 Å². The molecule has 0 aliphatic heterocycles. The van der Waals surface area contributed by atoms with Gasteiger partial charge in [0, 0.05) is 40.8 Å². The van der Waals surface area contributed by atoms with E-state index >= 15 is 0 Å². The van der Waals surface area contributed by atoms with E-state index in [0.717, 1.165) is 21.5 Å². The predicted octanol–water partition coefficient (Wildman–Crippen LogP) is 3.80. The van der Waals surface area contributed by atoms with Gasteiger partial charge in [-0.05, 0) is 30.3 Å². The van der Waals surface area contributed by atoms with Crippen LogP contribution < -0.4 is 5.32 Å². The molecule has 0 saturated heterocycles. The fourth-order valence-corrected chi connectivity index (χ4v) is 2.59. The van der Waals surface area contributed by atoms with Gasteiger partial charge in [0.15, 0.2) is 5.82 Å². The number of hydrogen-bond donors (Lipinski definition) is 2. The molecule has 122 valence electrons. The van der Waals surface area contributed by atoms with Crippen LogP contribution in [0, 0.1) is 10.1 Å². The first-order valence-electron chi connectivity index (χ1n) is 7.27. The van der Waals surface area contributed by atoms with Gasteiger partial charge in [-0.25, -0.2) is 4.98 Å². The second-order valence-corrected chi connectivity index (χ2v) is 6.01. The van der Waals surface area contributed by atoms with Crippen molar-refractivity contribution in [2.45, 2.75) is 6.42 Å². The molecular formula is C16H14BrN5O2. The van der Waals surface area contributed by atoms with Crippen molar-refractivity contribution in [1.29, 1.82) is 0 Å². The summed E-state index contributed by atoms with van der Waals surface area (Å²) in [5, 5.41) is 21.0. The van der Waals surface area contributed by atoms with E-state index in [-0.39, 0.29) is 5.69 Å². The number of H-pyrrole nitrogens is 1. The van der Waals surface area contributed by atoms with E-state index < -0.39 is 4.92 Å². The Kier molecular flexibility index (Phi) is 4.85. The fraction of sp³-hybridized carbons (Fsp3) is 0.125. The summed E-state index contributed by atoms with van der Waals surface area (Å²) in [6, 6.07) is 14.1. The van der Waals surface area contributed by atoms with E-state index in [1.807, 2.05) is 24.3 Å². The van der Waals surface area contributed by atoms with Crippen LogP contribution in [-0.2, 0) is 6.42 Å². The Morgan fingerprint density at radius 2 is 2.00 bits per heavy atom. The highest BCUT2D eigenvalue weighted by atomic mass is 79.9. The number of nitro benzene ring substituents is 1. The Hall–Kier alpha value is -2.74. The molecular weight excluding hydrogens is 374 g/mol. The smallest absolute Gasteiger partial charge is 0.269 e. The largest absolute Gasteiger partial charge is 0.385 e. The number of nitro groups is 1. The molecule has 2 aromatic carbocycles. The molecule has 2 N–H and O–H groups in total. The van der Waals surface area contributed by atoms with Gasteiger partial charge in [0.25, 0.3) is 5.69 Å². The van der Waals surface area contributed by atoms with Gasteiger partial charge in [-0.3, -0.25) is 15.2 Å². The van der Waals surface area contributed by atoms with Crippen LogP contribution in [0.4, 0.5) is 11.4 Å². The molecule has 0 amide bonds. The molecule has 0 saturated carbocycles. The number of nitrogens with zero attached hydrogens (tertiary/aromatic N) is 3. The summed E-state index contributed by atoms with van der Waals surface area (Å²) in [5.41, 5.74) is 1.82. The highest BCUT2D eigenvalue weighted by Crippen LogP contribution is 2.19. The summed E-state index contributed by atoms with van der Waals surface area (Å²) < 4.78 is 1.02. The molecule has 1 aromatic heterocycles. The number of halogens is 1. The van der Waals surface area contributed by atoms with Crippen LogP contribution in [0.5, 0.6) is 0 Å². The van der Waals surface area contributed by atoms with Gasteiger partial charge < -0.3 is 5.32 Å². The van der Waals surface area contributed by atoms with Gasteiger partial charge in [-0.2, -0.15) is 5.10 Å². The lowest BCUT2D eigenvalue weighted by atomic mass is 10.2. The lowest BCUT2D eigenvalue weighted by Gasteiger charge is -2.04. The van der Waals surface area contributed by atoms with E-state index in [1.54, 1.807) is 12.1 Å². The third-order valence-electron chi connectivity index (χ3n) is 3.38. The van der Waals surface area contributed by atoms with Crippen molar-refractivity contribution in [3.8, 4) is 11.4 Å². The van der Waals surface area contributed by atoms with Crippen molar-refractivity contribution in [3.63, 3.8) is 0 Å². The fourth-order valence-electron chi connectivity index (χ4n) is 2.19. The van der Waals surface area contributed by atoms with Crippen LogP contribution in [0.3, 0.4) is 0 Å². The standard InChI is InChI=1S/C16H14BrN5O2/c17-12-2-1-3-13(10-12)18-9-8-15-19-16(21-20-15)11-4-6-14(7-5-11)22(23)24/h1-7,10,18H,8-9H2,(H,19,20,21). The monoisotopic (exact) mass is 387 g/mol. The SMILES string of the molecule is O=[N+]([O-])c1ccc(-c2n[nH]c(CCNc3cccc(Br)c3)n2)cc1. The molecule has 0 aliphatic rings. The number of non-ortho nitro benzene ring substituents is 1. The number of aromatic nitrogens is 3. The van der Waals surface area contributed by atoms with Crippen molar-refractivity contribution >= 4 is 27.3 Å². The highest BCUT2D eigenvalue weighted by molar-refractivity contribution is 9.10. The quantitative estimate of drug-likeness (QED) is 0.495. The summed E-state index contributed by atoms with van der Waals surface area (Å²) in [7, 11) is 0. The maximum Gasteiger partial charge on any atom is 0.269 e. The third kappa shape index (κ3) is 3.96. The molecule has 0 unspecified atom stereocenters. The number of hydrogen-bond acceptors (Lipinski definition) is 5. The third-order valence-corrected chi connectivity index (χ3v) is 3.88.